The number of nitrogens with zero attached hydrogens (tertiary/aromatic N) is 4. The first-order valence-corrected chi connectivity index (χ1v) is 10.6. The van der Waals surface area contributed by atoms with E-state index in [9.17, 15) is 4.79 Å². The largest absolute Gasteiger partial charge is 0.493 e. The summed E-state index contributed by atoms with van der Waals surface area (Å²) in [6, 6.07) is 11.4. The lowest BCUT2D eigenvalue weighted by molar-refractivity contribution is 0.304. The average molecular weight is 407 g/mol. The number of rotatable bonds is 8. The number of ether oxygens (including phenoxy) is 1. The van der Waals surface area contributed by atoms with Gasteiger partial charge in [0.2, 0.25) is 4.96 Å². The molecular formula is C22H22N4O2S. The highest BCUT2D eigenvalue weighted by Crippen LogP contribution is 2.20. The minimum atomic E-state index is -0.171. The van der Waals surface area contributed by atoms with E-state index in [1.54, 1.807) is 12.4 Å². The molecule has 0 saturated heterocycles. The summed E-state index contributed by atoms with van der Waals surface area (Å²) in [7, 11) is 0. The van der Waals surface area contributed by atoms with E-state index >= 15 is 0 Å². The maximum atomic E-state index is 12.8. The lowest BCUT2D eigenvalue weighted by Crippen LogP contribution is -2.23. The molecule has 148 valence electrons. The molecule has 0 spiro atoms. The van der Waals surface area contributed by atoms with Crippen LogP contribution in [0.2, 0.25) is 0 Å². The minimum absolute atomic E-state index is 0.171. The molecule has 3 heterocycles. The summed E-state index contributed by atoms with van der Waals surface area (Å²) in [5.74, 6) is 1.32. The molecule has 0 saturated carbocycles. The Morgan fingerprint density at radius 1 is 1.10 bits per heavy atom. The van der Waals surface area contributed by atoms with E-state index in [2.05, 4.69) is 22.0 Å². The number of benzene rings is 1. The minimum Gasteiger partial charge on any atom is -0.493 e. The van der Waals surface area contributed by atoms with Gasteiger partial charge in [-0.2, -0.15) is 9.50 Å². The Morgan fingerprint density at radius 3 is 2.72 bits per heavy atom. The van der Waals surface area contributed by atoms with Crippen molar-refractivity contribution in [1.82, 2.24) is 19.6 Å². The zero-order chi connectivity index (χ0) is 20.1. The number of thiazole rings is 1. The third kappa shape index (κ3) is 4.35. The van der Waals surface area contributed by atoms with Crippen LogP contribution in [-0.2, 0) is 0 Å². The van der Waals surface area contributed by atoms with Crippen LogP contribution in [0.1, 0.15) is 38.2 Å². The van der Waals surface area contributed by atoms with Crippen molar-refractivity contribution >= 4 is 22.4 Å². The fourth-order valence-corrected chi connectivity index (χ4v) is 3.94. The Hall–Kier alpha value is -3.06. The summed E-state index contributed by atoms with van der Waals surface area (Å²) in [6.45, 7) is 2.87. The molecule has 1 aromatic carbocycles. The maximum Gasteiger partial charge on any atom is 0.291 e. The molecule has 0 atom stereocenters. The third-order valence-corrected chi connectivity index (χ3v) is 5.54. The van der Waals surface area contributed by atoms with Crippen molar-refractivity contribution in [3.8, 4) is 17.1 Å². The quantitative estimate of drug-likeness (QED) is 0.417. The smallest absolute Gasteiger partial charge is 0.291 e. The summed E-state index contributed by atoms with van der Waals surface area (Å²) in [5, 5.41) is 4.37. The van der Waals surface area contributed by atoms with Gasteiger partial charge in [0.05, 0.1) is 11.1 Å². The highest BCUT2D eigenvalue weighted by molar-refractivity contribution is 7.15. The van der Waals surface area contributed by atoms with Crippen molar-refractivity contribution in [3.05, 3.63) is 69.2 Å². The van der Waals surface area contributed by atoms with Crippen LogP contribution in [-0.4, -0.2) is 26.2 Å². The zero-order valence-corrected chi connectivity index (χ0v) is 17.1. The summed E-state index contributed by atoms with van der Waals surface area (Å²) in [6.07, 6.45) is 9.84. The molecule has 7 heteroatoms. The van der Waals surface area contributed by atoms with E-state index in [4.69, 9.17) is 4.74 Å². The van der Waals surface area contributed by atoms with Crippen LogP contribution in [0.25, 0.3) is 22.4 Å². The van der Waals surface area contributed by atoms with E-state index in [0.717, 1.165) is 23.3 Å². The Labute approximate surface area is 172 Å². The molecule has 0 fully saturated rings. The van der Waals surface area contributed by atoms with E-state index in [1.807, 2.05) is 42.5 Å². The van der Waals surface area contributed by atoms with Crippen LogP contribution in [0.5, 0.6) is 5.75 Å². The average Bonchev–Trinajstić information content (AvgIpc) is 3.29. The second-order valence-electron chi connectivity index (χ2n) is 6.73. The predicted octanol–water partition coefficient (Wildman–Crippen LogP) is 3.72. The highest BCUT2D eigenvalue weighted by Gasteiger charge is 2.12. The third-order valence-electron chi connectivity index (χ3n) is 4.58. The van der Waals surface area contributed by atoms with Crippen molar-refractivity contribution < 1.29 is 4.74 Å². The second-order valence-corrected chi connectivity index (χ2v) is 7.74. The normalized spacial score (nSPS) is 12.0. The number of unbranched alkanes of at least 4 members (excludes halogenated alkanes) is 3. The predicted molar refractivity (Wildman–Crippen MR) is 115 cm³/mol. The molecule has 4 aromatic rings. The number of fused-ring (bicyclic) bond motifs is 1. The highest BCUT2D eigenvalue weighted by atomic mass is 32.1. The second kappa shape index (κ2) is 8.96. The van der Waals surface area contributed by atoms with Gasteiger partial charge in [-0.15, -0.1) is 5.10 Å². The molecule has 0 unspecified atom stereocenters. The van der Waals surface area contributed by atoms with Crippen molar-refractivity contribution in [2.45, 2.75) is 32.6 Å². The molecule has 6 nitrogen and oxygen atoms in total. The van der Waals surface area contributed by atoms with E-state index in [1.165, 1.54) is 35.1 Å². The molecule has 0 N–H and O–H groups in total. The molecule has 3 aromatic heterocycles. The molecular weight excluding hydrogens is 384 g/mol. The molecule has 0 radical (unpaired) electrons. The van der Waals surface area contributed by atoms with Crippen LogP contribution >= 0.6 is 11.3 Å². The van der Waals surface area contributed by atoms with Gasteiger partial charge < -0.3 is 4.74 Å². The van der Waals surface area contributed by atoms with E-state index in [-0.39, 0.29) is 5.56 Å². The number of hydrogen-bond acceptors (Lipinski definition) is 6. The lowest BCUT2D eigenvalue weighted by Gasteiger charge is -2.08. The Morgan fingerprint density at radius 2 is 1.93 bits per heavy atom. The van der Waals surface area contributed by atoms with Gasteiger partial charge in [0, 0.05) is 23.5 Å². The monoisotopic (exact) mass is 406 g/mol. The summed E-state index contributed by atoms with van der Waals surface area (Å²) < 4.78 is 7.90. The summed E-state index contributed by atoms with van der Waals surface area (Å²) >= 11 is 1.33. The maximum absolute atomic E-state index is 12.8. The fourth-order valence-electron chi connectivity index (χ4n) is 3.04. The Bertz CT molecular complexity index is 1200. The molecule has 0 aliphatic heterocycles. The number of pyridine rings is 1. The van der Waals surface area contributed by atoms with Crippen LogP contribution in [0.15, 0.2) is 53.6 Å². The topological polar surface area (TPSA) is 69.4 Å². The number of para-hydroxylation sites is 1. The SMILES string of the molecule is CCCCCCOc1ccccc1/C=c1/sc2nc(-c3ccncc3)nn2c1=O. The van der Waals surface area contributed by atoms with Gasteiger partial charge in [0.25, 0.3) is 5.56 Å². The first-order chi connectivity index (χ1) is 14.3. The van der Waals surface area contributed by atoms with E-state index in [0.29, 0.717) is 21.9 Å². The molecule has 0 aliphatic carbocycles. The number of aromatic nitrogens is 4. The fraction of sp³-hybridized carbons (Fsp3) is 0.273. The van der Waals surface area contributed by atoms with Crippen LogP contribution in [0.4, 0.5) is 0 Å². The first kappa shape index (κ1) is 19.3. The molecule has 0 amide bonds. The van der Waals surface area contributed by atoms with Gasteiger partial charge in [0.15, 0.2) is 5.82 Å². The van der Waals surface area contributed by atoms with Gasteiger partial charge >= 0.3 is 0 Å². The molecule has 0 aliphatic rings. The van der Waals surface area contributed by atoms with Gasteiger partial charge in [-0.05, 0) is 30.7 Å². The summed E-state index contributed by atoms with van der Waals surface area (Å²) in [4.78, 5) is 21.9. The molecule has 4 rings (SSSR count). The lowest BCUT2D eigenvalue weighted by atomic mass is 10.2. The van der Waals surface area contributed by atoms with Gasteiger partial charge in [-0.25, -0.2) is 0 Å². The van der Waals surface area contributed by atoms with Crippen LogP contribution in [0, 0.1) is 0 Å². The van der Waals surface area contributed by atoms with Gasteiger partial charge in [-0.1, -0.05) is 55.7 Å². The summed E-state index contributed by atoms with van der Waals surface area (Å²) in [5.41, 5.74) is 1.55. The van der Waals surface area contributed by atoms with Crippen molar-refractivity contribution in [2.75, 3.05) is 6.61 Å². The molecule has 29 heavy (non-hydrogen) atoms. The number of hydrogen-bond donors (Lipinski definition) is 0. The van der Waals surface area contributed by atoms with Crippen LogP contribution in [0.3, 0.4) is 0 Å². The van der Waals surface area contributed by atoms with Crippen molar-refractivity contribution in [1.29, 1.82) is 0 Å². The standard InChI is InChI=1S/C22H22N4O2S/c1-2-3-4-7-14-28-18-9-6-5-8-17(18)15-19-21(27)26-22(29-19)24-20(25-26)16-10-12-23-13-11-16/h5-6,8-13,15H,2-4,7,14H2,1H3/b19-15+. The van der Waals surface area contributed by atoms with Crippen LogP contribution < -0.4 is 14.8 Å². The van der Waals surface area contributed by atoms with Gasteiger partial charge in [-0.3, -0.25) is 9.78 Å². The van der Waals surface area contributed by atoms with Crippen molar-refractivity contribution in [3.63, 3.8) is 0 Å². The molecule has 0 bridgehead atoms. The van der Waals surface area contributed by atoms with Crippen molar-refractivity contribution in [2.24, 2.45) is 0 Å². The Kier molecular flexibility index (Phi) is 5.95. The first-order valence-electron chi connectivity index (χ1n) is 9.80. The van der Waals surface area contributed by atoms with Gasteiger partial charge in [0.1, 0.15) is 5.75 Å². The zero-order valence-electron chi connectivity index (χ0n) is 16.2. The Balaban J connectivity index is 1.61. The van der Waals surface area contributed by atoms with E-state index < -0.39 is 0 Å².